The van der Waals surface area contributed by atoms with Crippen LogP contribution in [0.1, 0.15) is 50.6 Å². The lowest BCUT2D eigenvalue weighted by atomic mass is 9.88. The molecule has 1 atom stereocenters. The van der Waals surface area contributed by atoms with Crippen molar-refractivity contribution >= 4 is 28.5 Å². The van der Waals surface area contributed by atoms with Gasteiger partial charge in [0.15, 0.2) is 6.10 Å². The van der Waals surface area contributed by atoms with Gasteiger partial charge in [0.25, 0.3) is 0 Å². The van der Waals surface area contributed by atoms with Crippen LogP contribution in [0.2, 0.25) is 5.02 Å². The van der Waals surface area contributed by atoms with Gasteiger partial charge in [0.1, 0.15) is 0 Å². The third kappa shape index (κ3) is 4.60. The zero-order valence-electron chi connectivity index (χ0n) is 17.4. The summed E-state index contributed by atoms with van der Waals surface area (Å²) < 4.78 is 6.00. The number of aliphatic carboxylic acids is 1. The van der Waals surface area contributed by atoms with Crippen molar-refractivity contribution in [3.05, 3.63) is 64.3 Å². The maximum absolute atomic E-state index is 12.2. The highest BCUT2D eigenvalue weighted by Gasteiger charge is 2.31. The monoisotopic (exact) mass is 411 g/mol. The summed E-state index contributed by atoms with van der Waals surface area (Å²) in [6.45, 7) is 9.55. The standard InChI is InChI=1S/C24H26ClNO3/c1-6-17-11-12-18-19(26-17)13-14(2)20(22(23(27)28)29-24(3,4)5)21(18)15-7-9-16(25)10-8-15/h7-13,22H,6H2,1-5H3,(H,27,28)/t22-/m0/s1. The number of pyridine rings is 1. The van der Waals surface area contributed by atoms with E-state index in [-0.39, 0.29) is 0 Å². The van der Waals surface area contributed by atoms with E-state index in [1.165, 1.54) is 0 Å². The normalized spacial score (nSPS) is 12.9. The first kappa shape index (κ1) is 21.3. The van der Waals surface area contributed by atoms with Crippen LogP contribution in [-0.4, -0.2) is 21.7 Å². The highest BCUT2D eigenvalue weighted by atomic mass is 35.5. The van der Waals surface area contributed by atoms with Crippen molar-refractivity contribution in [2.75, 3.05) is 0 Å². The molecular formula is C24H26ClNO3. The van der Waals surface area contributed by atoms with Gasteiger partial charge in [0, 0.05) is 21.7 Å². The van der Waals surface area contributed by atoms with Gasteiger partial charge in [0.2, 0.25) is 0 Å². The van der Waals surface area contributed by atoms with Gasteiger partial charge in [-0.25, -0.2) is 4.79 Å². The van der Waals surface area contributed by atoms with Crippen molar-refractivity contribution < 1.29 is 14.6 Å². The van der Waals surface area contributed by atoms with Crippen LogP contribution in [0.4, 0.5) is 0 Å². The van der Waals surface area contributed by atoms with Gasteiger partial charge in [-0.2, -0.15) is 0 Å². The molecule has 4 nitrogen and oxygen atoms in total. The molecule has 152 valence electrons. The number of nitrogens with zero attached hydrogens (tertiary/aromatic N) is 1. The molecule has 29 heavy (non-hydrogen) atoms. The topological polar surface area (TPSA) is 59.4 Å². The molecule has 0 saturated carbocycles. The lowest BCUT2D eigenvalue weighted by Gasteiger charge is -2.28. The predicted octanol–water partition coefficient (Wildman–Crippen LogP) is 6.37. The SMILES string of the molecule is CCc1ccc2c(-c3ccc(Cl)cc3)c([C@H](OC(C)(C)C)C(=O)O)c(C)cc2n1. The highest BCUT2D eigenvalue weighted by Crippen LogP contribution is 2.40. The molecule has 0 aliphatic heterocycles. The fourth-order valence-corrected chi connectivity index (χ4v) is 3.64. The maximum Gasteiger partial charge on any atom is 0.337 e. The first-order chi connectivity index (χ1) is 13.6. The molecule has 0 radical (unpaired) electrons. The number of rotatable bonds is 5. The second kappa shape index (κ2) is 8.13. The average Bonchev–Trinajstić information content (AvgIpc) is 2.64. The van der Waals surface area contributed by atoms with Gasteiger partial charge >= 0.3 is 5.97 Å². The van der Waals surface area contributed by atoms with Crippen LogP contribution < -0.4 is 0 Å². The fourth-order valence-electron chi connectivity index (χ4n) is 3.51. The number of aromatic nitrogens is 1. The van der Waals surface area contributed by atoms with E-state index < -0.39 is 17.7 Å². The summed E-state index contributed by atoms with van der Waals surface area (Å²) in [6.07, 6.45) is -0.270. The van der Waals surface area contributed by atoms with Crippen molar-refractivity contribution in [1.82, 2.24) is 4.98 Å². The molecule has 0 spiro atoms. The molecule has 1 N–H and O–H groups in total. The van der Waals surface area contributed by atoms with Crippen molar-refractivity contribution in [2.45, 2.75) is 52.7 Å². The quantitative estimate of drug-likeness (QED) is 0.530. The van der Waals surface area contributed by atoms with Crippen LogP contribution in [0.15, 0.2) is 42.5 Å². The number of fused-ring (bicyclic) bond motifs is 1. The summed E-state index contributed by atoms with van der Waals surface area (Å²) in [7, 11) is 0. The van der Waals surface area contributed by atoms with Gasteiger partial charge < -0.3 is 9.84 Å². The third-order valence-corrected chi connectivity index (χ3v) is 5.00. The van der Waals surface area contributed by atoms with Crippen LogP contribution in [0.25, 0.3) is 22.0 Å². The van der Waals surface area contributed by atoms with Gasteiger partial charge in [-0.3, -0.25) is 4.98 Å². The van der Waals surface area contributed by atoms with Crippen LogP contribution in [0.5, 0.6) is 0 Å². The Kier molecular flexibility index (Phi) is 5.97. The van der Waals surface area contributed by atoms with E-state index in [0.29, 0.717) is 10.6 Å². The largest absolute Gasteiger partial charge is 0.479 e. The van der Waals surface area contributed by atoms with Gasteiger partial charge in [-0.15, -0.1) is 0 Å². The number of aryl methyl sites for hydroxylation is 2. The van der Waals surface area contributed by atoms with E-state index in [4.69, 9.17) is 21.3 Å². The summed E-state index contributed by atoms with van der Waals surface area (Å²) in [6, 6.07) is 13.4. The molecule has 1 aromatic heterocycles. The molecule has 3 aromatic rings. The summed E-state index contributed by atoms with van der Waals surface area (Å²) in [5, 5.41) is 11.5. The second-order valence-corrected chi connectivity index (χ2v) is 8.60. The zero-order valence-corrected chi connectivity index (χ0v) is 18.2. The van der Waals surface area contributed by atoms with E-state index in [1.807, 2.05) is 70.2 Å². The van der Waals surface area contributed by atoms with Crippen LogP contribution in [0, 0.1) is 6.92 Å². The fraction of sp³-hybridized carbons (Fsp3) is 0.333. The van der Waals surface area contributed by atoms with Gasteiger partial charge in [-0.1, -0.05) is 36.7 Å². The molecule has 0 aliphatic carbocycles. The van der Waals surface area contributed by atoms with Gasteiger partial charge in [0.05, 0.1) is 11.1 Å². The lowest BCUT2D eigenvalue weighted by molar-refractivity contribution is -0.160. The number of benzene rings is 2. The van der Waals surface area contributed by atoms with E-state index in [1.54, 1.807) is 0 Å². The lowest BCUT2D eigenvalue weighted by Crippen LogP contribution is -2.28. The summed E-state index contributed by atoms with van der Waals surface area (Å²) in [5.41, 5.74) is 4.40. The average molecular weight is 412 g/mol. The summed E-state index contributed by atoms with van der Waals surface area (Å²) in [4.78, 5) is 17.0. The number of hydrogen-bond donors (Lipinski definition) is 1. The second-order valence-electron chi connectivity index (χ2n) is 8.16. The molecule has 1 heterocycles. The van der Waals surface area contributed by atoms with Gasteiger partial charge in [-0.05, 0) is 75.1 Å². The smallest absolute Gasteiger partial charge is 0.337 e. The zero-order chi connectivity index (χ0) is 21.3. The number of halogens is 1. The van der Waals surface area contributed by atoms with Crippen LogP contribution >= 0.6 is 11.6 Å². The number of carbonyl (C=O) groups is 1. The minimum absolute atomic E-state index is 0.619. The molecule has 2 aromatic carbocycles. The Morgan fingerprint density at radius 3 is 2.38 bits per heavy atom. The first-order valence-electron chi connectivity index (χ1n) is 9.70. The van der Waals surface area contributed by atoms with E-state index in [9.17, 15) is 9.90 Å². The highest BCUT2D eigenvalue weighted by molar-refractivity contribution is 6.30. The number of carboxylic acids is 1. The third-order valence-electron chi connectivity index (χ3n) is 4.75. The molecule has 0 amide bonds. The number of ether oxygens (including phenoxy) is 1. The molecule has 5 heteroatoms. The van der Waals surface area contributed by atoms with E-state index >= 15 is 0 Å². The maximum atomic E-state index is 12.2. The van der Waals surface area contributed by atoms with Crippen molar-refractivity contribution in [2.24, 2.45) is 0 Å². The molecular weight excluding hydrogens is 386 g/mol. The molecule has 0 bridgehead atoms. The molecule has 3 rings (SSSR count). The first-order valence-corrected chi connectivity index (χ1v) is 10.1. The Balaban J connectivity index is 2.38. The Hall–Kier alpha value is -2.43. The Morgan fingerprint density at radius 2 is 1.83 bits per heavy atom. The number of hydrogen-bond acceptors (Lipinski definition) is 3. The number of carboxylic acid groups (broad SMARTS) is 1. The van der Waals surface area contributed by atoms with Crippen molar-refractivity contribution in [1.29, 1.82) is 0 Å². The summed E-state index contributed by atoms with van der Waals surface area (Å²) in [5.74, 6) is -1.02. The Labute approximate surface area is 176 Å². The molecule has 0 unspecified atom stereocenters. The predicted molar refractivity (Wildman–Crippen MR) is 118 cm³/mol. The van der Waals surface area contributed by atoms with E-state index in [0.717, 1.165) is 39.7 Å². The Morgan fingerprint density at radius 1 is 1.17 bits per heavy atom. The molecule has 0 aliphatic rings. The van der Waals surface area contributed by atoms with Crippen molar-refractivity contribution in [3.8, 4) is 11.1 Å². The summed E-state index contributed by atoms with van der Waals surface area (Å²) >= 11 is 6.10. The minimum atomic E-state index is -1.10. The molecule has 0 saturated heterocycles. The van der Waals surface area contributed by atoms with Crippen molar-refractivity contribution in [3.63, 3.8) is 0 Å². The van der Waals surface area contributed by atoms with Crippen LogP contribution in [0.3, 0.4) is 0 Å². The Bertz CT molecular complexity index is 1050. The van der Waals surface area contributed by atoms with E-state index in [2.05, 4.69) is 6.92 Å². The molecule has 0 fully saturated rings. The van der Waals surface area contributed by atoms with Crippen LogP contribution in [-0.2, 0) is 16.0 Å². The minimum Gasteiger partial charge on any atom is -0.479 e.